The van der Waals surface area contributed by atoms with E-state index in [9.17, 15) is 4.79 Å². The van der Waals surface area contributed by atoms with Gasteiger partial charge in [-0.25, -0.2) is 0 Å². The molecule has 1 saturated heterocycles. The summed E-state index contributed by atoms with van der Waals surface area (Å²) in [6, 6.07) is 7.78. The van der Waals surface area contributed by atoms with Crippen LogP contribution in [0.3, 0.4) is 0 Å². The van der Waals surface area contributed by atoms with Crippen molar-refractivity contribution >= 4 is 44.9 Å². The number of anilines is 2. The number of ether oxygens (including phenoxy) is 1. The van der Waals surface area contributed by atoms with Crippen LogP contribution in [0.4, 0.5) is 11.5 Å². The second-order valence-electron chi connectivity index (χ2n) is 6.50. The van der Waals surface area contributed by atoms with Crippen LogP contribution >= 0.6 is 27.5 Å². The SMILES string of the molecule is CCOc1cc(N2CCC3(CC2)C(=O)Nc2ccc(Br)cc23)nnc1Cl. The maximum atomic E-state index is 12.7. The predicted molar refractivity (Wildman–Crippen MR) is 104 cm³/mol. The number of rotatable bonds is 3. The summed E-state index contributed by atoms with van der Waals surface area (Å²) in [4.78, 5) is 14.9. The molecule has 0 unspecified atom stereocenters. The highest BCUT2D eigenvalue weighted by atomic mass is 79.9. The van der Waals surface area contributed by atoms with E-state index >= 15 is 0 Å². The summed E-state index contributed by atoms with van der Waals surface area (Å²) in [5.41, 5.74) is 1.52. The van der Waals surface area contributed by atoms with Crippen molar-refractivity contribution in [2.75, 3.05) is 29.9 Å². The van der Waals surface area contributed by atoms with Gasteiger partial charge in [-0.1, -0.05) is 27.5 Å². The molecule has 0 saturated carbocycles. The minimum atomic E-state index is -0.474. The summed E-state index contributed by atoms with van der Waals surface area (Å²) < 4.78 is 6.49. The van der Waals surface area contributed by atoms with Crippen LogP contribution < -0.4 is 15.0 Å². The summed E-state index contributed by atoms with van der Waals surface area (Å²) in [6.07, 6.45) is 1.44. The van der Waals surface area contributed by atoms with Crippen molar-refractivity contribution in [1.82, 2.24) is 10.2 Å². The smallest absolute Gasteiger partial charge is 0.235 e. The van der Waals surface area contributed by atoms with E-state index in [2.05, 4.69) is 42.4 Å². The summed E-state index contributed by atoms with van der Waals surface area (Å²) in [5.74, 6) is 1.34. The Morgan fingerprint density at radius 1 is 1.31 bits per heavy atom. The Labute approximate surface area is 165 Å². The van der Waals surface area contributed by atoms with E-state index in [-0.39, 0.29) is 11.1 Å². The number of hydrogen-bond donors (Lipinski definition) is 1. The normalized spacial score (nSPS) is 18.0. The Balaban J connectivity index is 1.58. The molecule has 1 aromatic carbocycles. The van der Waals surface area contributed by atoms with Gasteiger partial charge in [0.05, 0.1) is 12.0 Å². The maximum Gasteiger partial charge on any atom is 0.235 e. The van der Waals surface area contributed by atoms with Crippen molar-refractivity contribution in [3.05, 3.63) is 39.5 Å². The fraction of sp³-hybridized carbons (Fsp3) is 0.389. The van der Waals surface area contributed by atoms with Crippen molar-refractivity contribution in [2.45, 2.75) is 25.2 Å². The van der Waals surface area contributed by atoms with Crippen LogP contribution in [-0.4, -0.2) is 35.8 Å². The number of fused-ring (bicyclic) bond motifs is 2. The van der Waals surface area contributed by atoms with Crippen LogP contribution in [0.5, 0.6) is 5.75 Å². The number of aromatic nitrogens is 2. The number of piperidine rings is 1. The van der Waals surface area contributed by atoms with Crippen LogP contribution in [0, 0.1) is 0 Å². The van der Waals surface area contributed by atoms with Gasteiger partial charge in [-0.15, -0.1) is 10.2 Å². The van der Waals surface area contributed by atoms with E-state index in [0.717, 1.165) is 34.4 Å². The van der Waals surface area contributed by atoms with Crippen LogP contribution in [0.2, 0.25) is 5.15 Å². The minimum Gasteiger partial charge on any atom is -0.490 e. The van der Waals surface area contributed by atoms with Crippen molar-refractivity contribution in [2.24, 2.45) is 0 Å². The van der Waals surface area contributed by atoms with Gasteiger partial charge in [0.15, 0.2) is 16.7 Å². The van der Waals surface area contributed by atoms with Crippen LogP contribution in [0.25, 0.3) is 0 Å². The molecule has 2 aromatic rings. The number of carbonyl (C=O) groups is 1. The predicted octanol–water partition coefficient (Wildman–Crippen LogP) is 3.78. The largest absolute Gasteiger partial charge is 0.490 e. The van der Waals surface area contributed by atoms with E-state index in [4.69, 9.17) is 16.3 Å². The number of halogens is 2. The average molecular weight is 438 g/mol. The second kappa shape index (κ2) is 6.70. The van der Waals surface area contributed by atoms with Crippen molar-refractivity contribution in [3.8, 4) is 5.75 Å². The Bertz CT molecular complexity index is 868. The van der Waals surface area contributed by atoms with Gasteiger partial charge in [0.25, 0.3) is 0 Å². The highest BCUT2D eigenvalue weighted by molar-refractivity contribution is 9.10. The van der Waals surface area contributed by atoms with Gasteiger partial charge >= 0.3 is 0 Å². The van der Waals surface area contributed by atoms with Gasteiger partial charge in [0.1, 0.15) is 0 Å². The van der Waals surface area contributed by atoms with E-state index < -0.39 is 5.41 Å². The van der Waals surface area contributed by atoms with Gasteiger partial charge in [0.2, 0.25) is 5.91 Å². The van der Waals surface area contributed by atoms with E-state index in [1.165, 1.54) is 0 Å². The highest BCUT2D eigenvalue weighted by Gasteiger charge is 2.48. The molecule has 136 valence electrons. The number of benzene rings is 1. The Hall–Kier alpha value is -1.86. The maximum absolute atomic E-state index is 12.7. The summed E-state index contributed by atoms with van der Waals surface area (Å²) in [5, 5.41) is 11.5. The number of amides is 1. The van der Waals surface area contributed by atoms with Gasteiger partial charge in [0, 0.05) is 29.3 Å². The molecule has 0 bridgehead atoms. The molecule has 3 heterocycles. The molecular weight excluding hydrogens is 420 g/mol. The lowest BCUT2D eigenvalue weighted by Crippen LogP contribution is -2.46. The zero-order chi connectivity index (χ0) is 18.3. The molecule has 1 aromatic heterocycles. The Kier molecular flexibility index (Phi) is 4.52. The summed E-state index contributed by atoms with van der Waals surface area (Å²) >= 11 is 9.55. The molecule has 1 fully saturated rings. The molecule has 1 N–H and O–H groups in total. The molecule has 6 nitrogen and oxygen atoms in total. The van der Waals surface area contributed by atoms with E-state index in [0.29, 0.717) is 25.4 Å². The minimum absolute atomic E-state index is 0.0856. The molecule has 26 heavy (non-hydrogen) atoms. The topological polar surface area (TPSA) is 67.3 Å². The monoisotopic (exact) mass is 436 g/mol. The van der Waals surface area contributed by atoms with Gasteiger partial charge < -0.3 is 15.0 Å². The third-order valence-corrected chi connectivity index (χ3v) is 5.88. The molecule has 1 amide bonds. The van der Waals surface area contributed by atoms with Crippen molar-refractivity contribution in [3.63, 3.8) is 0 Å². The molecule has 1 spiro atoms. The lowest BCUT2D eigenvalue weighted by molar-refractivity contribution is -0.121. The van der Waals surface area contributed by atoms with Gasteiger partial charge in [-0.3, -0.25) is 4.79 Å². The zero-order valence-electron chi connectivity index (χ0n) is 14.3. The van der Waals surface area contributed by atoms with Gasteiger partial charge in [-0.2, -0.15) is 0 Å². The zero-order valence-corrected chi connectivity index (χ0v) is 16.6. The fourth-order valence-electron chi connectivity index (χ4n) is 3.76. The van der Waals surface area contributed by atoms with Crippen molar-refractivity contribution in [1.29, 1.82) is 0 Å². The first-order valence-corrected chi connectivity index (χ1v) is 9.73. The molecule has 0 aliphatic carbocycles. The molecule has 2 aliphatic heterocycles. The summed E-state index contributed by atoms with van der Waals surface area (Å²) in [7, 11) is 0. The quantitative estimate of drug-likeness (QED) is 0.791. The average Bonchev–Trinajstić information content (AvgIpc) is 2.90. The second-order valence-corrected chi connectivity index (χ2v) is 7.78. The van der Waals surface area contributed by atoms with Crippen LogP contribution in [-0.2, 0) is 10.2 Å². The lowest BCUT2D eigenvalue weighted by atomic mass is 9.73. The highest BCUT2D eigenvalue weighted by Crippen LogP contribution is 2.46. The number of nitrogens with one attached hydrogen (secondary N) is 1. The number of hydrogen-bond acceptors (Lipinski definition) is 5. The third kappa shape index (κ3) is 2.83. The van der Waals surface area contributed by atoms with Crippen molar-refractivity contribution < 1.29 is 9.53 Å². The number of carbonyl (C=O) groups excluding carboxylic acids is 1. The Morgan fingerprint density at radius 3 is 2.81 bits per heavy atom. The fourth-order valence-corrected chi connectivity index (χ4v) is 4.27. The number of nitrogens with zero attached hydrogens (tertiary/aromatic N) is 3. The van der Waals surface area contributed by atoms with E-state index in [1.54, 1.807) is 0 Å². The molecule has 8 heteroatoms. The first-order valence-electron chi connectivity index (χ1n) is 8.56. The molecule has 0 atom stereocenters. The van der Waals surface area contributed by atoms with E-state index in [1.807, 2.05) is 25.1 Å². The standard InChI is InChI=1S/C18H18BrClN4O2/c1-2-26-14-10-15(22-23-16(14)20)24-7-5-18(6-8-24)12-9-11(19)3-4-13(12)21-17(18)25/h3-4,9-10H,2,5-8H2,1H3,(H,21,25). The molecular formula is C18H18BrClN4O2. The van der Waals surface area contributed by atoms with Crippen LogP contribution in [0.1, 0.15) is 25.3 Å². The lowest BCUT2D eigenvalue weighted by Gasteiger charge is -2.38. The molecule has 0 radical (unpaired) electrons. The first-order chi connectivity index (χ1) is 12.5. The molecule has 2 aliphatic rings. The Morgan fingerprint density at radius 2 is 2.08 bits per heavy atom. The molecule has 4 rings (SSSR count). The summed E-state index contributed by atoms with van der Waals surface area (Å²) in [6.45, 7) is 3.83. The van der Waals surface area contributed by atoms with Crippen LogP contribution in [0.15, 0.2) is 28.7 Å². The third-order valence-electron chi connectivity index (χ3n) is 5.12. The first kappa shape index (κ1) is 17.5. The van der Waals surface area contributed by atoms with Gasteiger partial charge in [-0.05, 0) is 43.5 Å².